The van der Waals surface area contributed by atoms with Crippen LogP contribution in [0.15, 0.2) is 42.5 Å². The maximum Gasteiger partial charge on any atom is 0.417 e. The number of amides is 1. The average Bonchev–Trinajstić information content (AvgIpc) is 2.97. The van der Waals surface area contributed by atoms with Crippen LogP contribution >= 0.6 is 0 Å². The molecule has 1 unspecified atom stereocenters. The summed E-state index contributed by atoms with van der Waals surface area (Å²) in [4.78, 5) is 14.3. The van der Waals surface area contributed by atoms with Crippen molar-refractivity contribution in [1.29, 1.82) is 0 Å². The molecule has 4 rings (SSSR count). The Bertz CT molecular complexity index is 911. The fourth-order valence-electron chi connectivity index (χ4n) is 4.82. The van der Waals surface area contributed by atoms with Gasteiger partial charge in [0.05, 0.1) is 19.0 Å². The van der Waals surface area contributed by atoms with Crippen molar-refractivity contribution >= 4 is 17.5 Å². The Hall–Kier alpha value is -2.57. The third-order valence-corrected chi connectivity index (χ3v) is 5.97. The van der Waals surface area contributed by atoms with E-state index in [1.165, 1.54) is 0 Å². The van der Waals surface area contributed by atoms with E-state index >= 15 is 0 Å². The van der Waals surface area contributed by atoms with Gasteiger partial charge in [-0.15, -0.1) is 0 Å². The molecule has 0 radical (unpaired) electrons. The Morgan fingerprint density at radius 2 is 2.11 bits per heavy atom. The Kier molecular flexibility index (Phi) is 3.94. The van der Waals surface area contributed by atoms with E-state index in [2.05, 4.69) is 17.1 Å². The number of carbonyl (C=O) groups excluding carboxylic acids is 1. The van der Waals surface area contributed by atoms with Crippen molar-refractivity contribution in [2.75, 3.05) is 30.9 Å². The molecule has 1 N–H and O–H groups in total. The maximum absolute atomic E-state index is 12.9. The van der Waals surface area contributed by atoms with Crippen LogP contribution in [-0.2, 0) is 5.41 Å². The largest absolute Gasteiger partial charge is 0.631 e. The molecular formula is C21H25N3O3. The zero-order valence-corrected chi connectivity index (χ0v) is 16.2. The van der Waals surface area contributed by atoms with Crippen molar-refractivity contribution in [1.82, 2.24) is 0 Å². The van der Waals surface area contributed by atoms with E-state index in [4.69, 9.17) is 4.74 Å². The highest BCUT2D eigenvalue weighted by Crippen LogP contribution is 2.54. The van der Waals surface area contributed by atoms with Crippen LogP contribution in [0.4, 0.5) is 16.2 Å². The number of aryl methyl sites for hydroxylation is 1. The molecule has 2 aliphatic rings. The maximum atomic E-state index is 12.9. The first-order valence-corrected chi connectivity index (χ1v) is 9.20. The van der Waals surface area contributed by atoms with Crippen LogP contribution in [-0.4, -0.2) is 37.5 Å². The molecule has 0 spiro atoms. The van der Waals surface area contributed by atoms with Gasteiger partial charge in [0.2, 0.25) is 0 Å². The SMILES string of the molecule is Cc1cccc(NC(=O)Oc2ccc3c(c2)[C@]2(C)CC[N+](C)([O-])[C@@H]2N3C)c1. The molecule has 27 heavy (non-hydrogen) atoms. The number of hydrogen-bond acceptors (Lipinski definition) is 4. The molecule has 2 aromatic rings. The summed E-state index contributed by atoms with van der Waals surface area (Å²) in [6.45, 7) is 4.69. The lowest BCUT2D eigenvalue weighted by Crippen LogP contribution is -2.54. The predicted molar refractivity (Wildman–Crippen MR) is 106 cm³/mol. The van der Waals surface area contributed by atoms with Gasteiger partial charge in [-0.05, 0) is 55.3 Å². The number of anilines is 2. The average molecular weight is 367 g/mol. The molecule has 1 saturated heterocycles. The van der Waals surface area contributed by atoms with E-state index in [0.29, 0.717) is 18.0 Å². The van der Waals surface area contributed by atoms with Crippen LogP contribution in [0.2, 0.25) is 0 Å². The van der Waals surface area contributed by atoms with Crippen LogP contribution in [0, 0.1) is 12.1 Å². The number of likely N-dealkylation sites (N-methyl/N-ethyl adjacent to an activating group) is 2. The monoisotopic (exact) mass is 367 g/mol. The molecule has 6 heteroatoms. The summed E-state index contributed by atoms with van der Waals surface area (Å²) >= 11 is 0. The lowest BCUT2D eigenvalue weighted by atomic mass is 9.81. The molecule has 2 aromatic carbocycles. The van der Waals surface area contributed by atoms with Gasteiger partial charge in [0.25, 0.3) is 0 Å². The molecule has 0 saturated carbocycles. The third-order valence-electron chi connectivity index (χ3n) is 5.97. The standard InChI is InChI=1S/C21H25N3O3/c1-14-6-5-7-15(12-14)22-20(25)27-16-8-9-18-17(13-16)21(2)10-11-24(4,26)19(21)23(18)3/h5-9,12-13,19H,10-11H2,1-4H3,(H,22,25)/t19-,21-,24?/m0/s1. The highest BCUT2D eigenvalue weighted by atomic mass is 16.6. The first-order valence-electron chi connectivity index (χ1n) is 9.20. The van der Waals surface area contributed by atoms with Gasteiger partial charge < -0.3 is 19.5 Å². The van der Waals surface area contributed by atoms with Crippen LogP contribution < -0.4 is 15.0 Å². The Labute approximate surface area is 159 Å². The van der Waals surface area contributed by atoms with Crippen LogP contribution in [0.5, 0.6) is 5.75 Å². The summed E-state index contributed by atoms with van der Waals surface area (Å²) in [7, 11) is 3.71. The van der Waals surface area contributed by atoms with Crippen molar-refractivity contribution in [3.63, 3.8) is 0 Å². The van der Waals surface area contributed by atoms with E-state index in [1.807, 2.05) is 50.4 Å². The lowest BCUT2D eigenvalue weighted by Gasteiger charge is -2.44. The van der Waals surface area contributed by atoms with Crippen molar-refractivity contribution < 1.29 is 14.2 Å². The fraction of sp³-hybridized carbons (Fsp3) is 0.381. The number of hydroxylamine groups is 3. The van der Waals surface area contributed by atoms with Gasteiger partial charge >= 0.3 is 6.09 Å². The molecule has 2 heterocycles. The molecule has 3 atom stereocenters. The molecule has 6 nitrogen and oxygen atoms in total. The lowest BCUT2D eigenvalue weighted by molar-refractivity contribution is -0.874. The van der Waals surface area contributed by atoms with E-state index < -0.39 is 6.09 Å². The molecule has 2 aliphatic heterocycles. The van der Waals surface area contributed by atoms with Gasteiger partial charge in [-0.2, -0.15) is 0 Å². The number of nitrogens with one attached hydrogen (secondary N) is 1. The molecule has 1 amide bonds. The Balaban J connectivity index is 1.57. The smallest absolute Gasteiger partial charge is 0.417 e. The first kappa shape index (κ1) is 17.8. The van der Waals surface area contributed by atoms with Gasteiger partial charge in [0, 0.05) is 24.8 Å². The van der Waals surface area contributed by atoms with Gasteiger partial charge in [-0.3, -0.25) is 5.32 Å². The highest BCUT2D eigenvalue weighted by Gasteiger charge is 2.58. The first-order chi connectivity index (χ1) is 12.7. The van der Waals surface area contributed by atoms with Gasteiger partial charge in [0.1, 0.15) is 5.75 Å². The predicted octanol–water partition coefficient (Wildman–Crippen LogP) is 3.99. The number of ether oxygens (including phenoxy) is 1. The summed E-state index contributed by atoms with van der Waals surface area (Å²) < 4.78 is 5.24. The van der Waals surface area contributed by atoms with E-state index in [0.717, 1.165) is 23.2 Å². The summed E-state index contributed by atoms with van der Waals surface area (Å²) in [6.07, 6.45) is 0.141. The number of likely N-dealkylation sites (tertiary alicyclic amines) is 1. The summed E-state index contributed by atoms with van der Waals surface area (Å²) in [6, 6.07) is 13.2. The molecular weight excluding hydrogens is 342 g/mol. The zero-order chi connectivity index (χ0) is 19.4. The zero-order valence-electron chi connectivity index (χ0n) is 16.2. The number of benzene rings is 2. The molecule has 0 aliphatic carbocycles. The summed E-state index contributed by atoms with van der Waals surface area (Å²) in [5.74, 6) is 0.487. The number of hydrogen-bond donors (Lipinski definition) is 1. The Morgan fingerprint density at radius 1 is 1.33 bits per heavy atom. The van der Waals surface area contributed by atoms with E-state index in [-0.39, 0.29) is 16.2 Å². The Morgan fingerprint density at radius 3 is 2.85 bits per heavy atom. The van der Waals surface area contributed by atoms with Crippen LogP contribution in [0.3, 0.4) is 0 Å². The molecule has 0 aromatic heterocycles. The summed E-state index contributed by atoms with van der Waals surface area (Å²) in [5.41, 5.74) is 3.63. The fourth-order valence-corrected chi connectivity index (χ4v) is 4.82. The second-order valence-corrected chi connectivity index (χ2v) is 8.11. The number of fused-ring (bicyclic) bond motifs is 3. The van der Waals surface area contributed by atoms with Crippen molar-refractivity contribution in [2.24, 2.45) is 0 Å². The van der Waals surface area contributed by atoms with Gasteiger partial charge in [-0.25, -0.2) is 4.79 Å². The molecule has 0 bridgehead atoms. The van der Waals surface area contributed by atoms with Crippen LogP contribution in [0.1, 0.15) is 24.5 Å². The topological polar surface area (TPSA) is 64.6 Å². The van der Waals surface area contributed by atoms with Crippen LogP contribution in [0.25, 0.3) is 0 Å². The minimum Gasteiger partial charge on any atom is -0.631 e. The van der Waals surface area contributed by atoms with Gasteiger partial charge in [-0.1, -0.05) is 12.1 Å². The van der Waals surface area contributed by atoms with E-state index in [9.17, 15) is 10.0 Å². The molecule has 1 fully saturated rings. The molecule has 142 valence electrons. The second kappa shape index (κ2) is 5.97. The van der Waals surface area contributed by atoms with Crippen molar-refractivity contribution in [3.8, 4) is 5.75 Å². The minimum atomic E-state index is -0.524. The van der Waals surface area contributed by atoms with Gasteiger partial charge in [0.15, 0.2) is 6.17 Å². The highest BCUT2D eigenvalue weighted by molar-refractivity contribution is 5.86. The number of rotatable bonds is 2. The quantitative estimate of drug-likeness (QED) is 0.644. The number of quaternary nitrogens is 1. The van der Waals surface area contributed by atoms with E-state index in [1.54, 1.807) is 13.1 Å². The van der Waals surface area contributed by atoms with Crippen molar-refractivity contribution in [3.05, 3.63) is 58.8 Å². The van der Waals surface area contributed by atoms with Crippen molar-refractivity contribution in [2.45, 2.75) is 31.8 Å². The normalized spacial score (nSPS) is 28.6. The second-order valence-electron chi connectivity index (χ2n) is 8.11. The summed E-state index contributed by atoms with van der Waals surface area (Å²) in [5, 5.41) is 15.6. The minimum absolute atomic E-state index is 0.149. The third kappa shape index (κ3) is 2.85. The number of nitrogens with zero attached hydrogens (tertiary/aromatic N) is 2. The number of carbonyl (C=O) groups is 1.